The Labute approximate surface area is 267 Å². The lowest BCUT2D eigenvalue weighted by atomic mass is 10.0. The first-order chi connectivity index (χ1) is 21.6. The van der Waals surface area contributed by atoms with Gasteiger partial charge in [-0.25, -0.2) is 14.0 Å². The summed E-state index contributed by atoms with van der Waals surface area (Å²) in [5.74, 6) is -0.0403. The van der Waals surface area contributed by atoms with Gasteiger partial charge in [0.2, 0.25) is 5.91 Å². The van der Waals surface area contributed by atoms with E-state index in [-0.39, 0.29) is 58.0 Å². The number of carbonyl (C=O) groups excluding carboxylic acids is 2. The van der Waals surface area contributed by atoms with Gasteiger partial charge in [-0.05, 0) is 56.0 Å². The predicted molar refractivity (Wildman–Crippen MR) is 175 cm³/mol. The maximum absolute atomic E-state index is 14.3. The predicted octanol–water partition coefficient (Wildman–Crippen LogP) is 3.73. The van der Waals surface area contributed by atoms with E-state index in [1.807, 2.05) is 17.0 Å². The number of piperidine rings is 1. The number of ether oxygens (including phenoxy) is 1. The molecule has 1 fully saturated rings. The summed E-state index contributed by atoms with van der Waals surface area (Å²) in [6, 6.07) is 9.36. The molecular weight excluding hydrogens is 625 g/mol. The Morgan fingerprint density at radius 3 is 2.60 bits per heavy atom. The molecule has 0 radical (unpaired) electrons. The zero-order valence-electron chi connectivity index (χ0n) is 25.0. The fourth-order valence-corrected chi connectivity index (χ4v) is 6.60. The standard InChI is InChI=1S/C31H35ClFN5O6S/c1-19(39)45-15-14-38-29(41)24(23-4-3-5-25(33)28(23)32)17-36(31(38)43)18-27(40)35-11-9-21(10-12-35)37-13-8-20-16-22(44-2)6-7-26(20)34-30(37)42/h3-7,16-17,21,39,45H,8-15,18H2,1-2H3,(H,34,42). The number of likely N-dealkylation sites (tertiary alicyclic amines) is 1. The van der Waals surface area contributed by atoms with Crippen molar-refractivity contribution in [1.82, 2.24) is 18.9 Å². The van der Waals surface area contributed by atoms with Gasteiger partial charge in [-0.3, -0.25) is 18.7 Å². The van der Waals surface area contributed by atoms with Gasteiger partial charge in [0.05, 0.1) is 22.7 Å². The summed E-state index contributed by atoms with van der Waals surface area (Å²) < 4.78 is 21.7. The fraction of sp³-hybridized carbons (Fsp3) is 0.387. The lowest BCUT2D eigenvalue weighted by Gasteiger charge is -2.38. The summed E-state index contributed by atoms with van der Waals surface area (Å²) in [5, 5.41) is 12.4. The third kappa shape index (κ3) is 7.15. The topological polar surface area (TPSA) is 126 Å². The van der Waals surface area contributed by atoms with Crippen LogP contribution in [0.25, 0.3) is 11.1 Å². The Balaban J connectivity index is 1.32. The van der Waals surface area contributed by atoms with Crippen LogP contribution in [0.15, 0.2) is 52.2 Å². The van der Waals surface area contributed by atoms with Gasteiger partial charge < -0.3 is 25.0 Å². The van der Waals surface area contributed by atoms with Crippen molar-refractivity contribution in [1.29, 1.82) is 0 Å². The number of rotatable bonds is 8. The number of nitrogens with one attached hydrogen (secondary N) is 1. The van der Waals surface area contributed by atoms with Gasteiger partial charge in [-0.15, -0.1) is 0 Å². The van der Waals surface area contributed by atoms with Crippen LogP contribution in [0.3, 0.4) is 0 Å². The van der Waals surface area contributed by atoms with Crippen molar-refractivity contribution < 1.29 is 23.8 Å². The maximum atomic E-state index is 14.3. The molecule has 0 atom stereocenters. The summed E-state index contributed by atoms with van der Waals surface area (Å²) in [6.07, 6.45) is 3.04. The summed E-state index contributed by atoms with van der Waals surface area (Å²) in [4.78, 5) is 56.8. The third-order valence-electron chi connectivity index (χ3n) is 8.14. The normalized spacial score (nSPS) is 16.0. The van der Waals surface area contributed by atoms with Gasteiger partial charge >= 0.3 is 11.7 Å². The minimum absolute atomic E-state index is 0.0160. The first kappa shape index (κ1) is 32.5. The average Bonchev–Trinajstić information content (AvgIpc) is 3.19. The van der Waals surface area contributed by atoms with E-state index in [0.29, 0.717) is 50.2 Å². The monoisotopic (exact) mass is 659 g/mol. The quantitative estimate of drug-likeness (QED) is 0.250. The molecule has 0 bridgehead atoms. The molecule has 2 N–H and O–H groups in total. The first-order valence-electron chi connectivity index (χ1n) is 14.6. The third-order valence-corrected chi connectivity index (χ3v) is 9.41. The van der Waals surface area contributed by atoms with Gasteiger partial charge in [0.1, 0.15) is 18.1 Å². The van der Waals surface area contributed by atoms with Gasteiger partial charge in [-0.2, -0.15) is 11.4 Å². The molecule has 0 unspecified atom stereocenters. The molecule has 2 aromatic carbocycles. The van der Waals surface area contributed by atoms with Crippen LogP contribution in [-0.2, 0) is 24.3 Å². The van der Waals surface area contributed by atoms with Crippen molar-refractivity contribution >= 4 is 45.6 Å². The van der Waals surface area contributed by atoms with Crippen molar-refractivity contribution in [2.45, 2.75) is 45.3 Å². The molecule has 0 spiro atoms. The largest absolute Gasteiger partial charge is 0.497 e. The van der Waals surface area contributed by atoms with Crippen LogP contribution < -0.4 is 21.3 Å². The molecule has 240 valence electrons. The molecular formula is C31H35ClFN5O6S. The molecule has 0 saturated carbocycles. The summed E-state index contributed by atoms with van der Waals surface area (Å²) in [7, 11) is 1.60. The van der Waals surface area contributed by atoms with E-state index in [4.69, 9.17) is 16.3 Å². The molecule has 1 aromatic heterocycles. The molecule has 45 heavy (non-hydrogen) atoms. The van der Waals surface area contributed by atoms with Crippen LogP contribution in [0.5, 0.6) is 5.75 Å². The highest BCUT2D eigenvalue weighted by atomic mass is 35.5. The molecule has 2 aliphatic heterocycles. The van der Waals surface area contributed by atoms with E-state index in [1.54, 1.807) is 18.1 Å². The summed E-state index contributed by atoms with van der Waals surface area (Å²) in [6.45, 7) is 2.45. The Bertz CT molecular complexity index is 1760. The van der Waals surface area contributed by atoms with E-state index < -0.39 is 17.1 Å². The maximum Gasteiger partial charge on any atom is 0.331 e. The van der Waals surface area contributed by atoms with E-state index >= 15 is 0 Å². The van der Waals surface area contributed by atoms with Crippen molar-refractivity contribution in [2.24, 2.45) is 0 Å². The number of carbonyl (C=O) groups is 2. The van der Waals surface area contributed by atoms with Crippen LogP contribution in [0.2, 0.25) is 5.02 Å². The van der Waals surface area contributed by atoms with Crippen molar-refractivity contribution in [2.75, 3.05) is 37.8 Å². The second-order valence-corrected chi connectivity index (χ2v) is 12.7. The summed E-state index contributed by atoms with van der Waals surface area (Å²) in [5.41, 5.74) is 0.481. The van der Waals surface area contributed by atoms with Crippen molar-refractivity contribution in [3.8, 4) is 16.9 Å². The Kier molecular flexibility index (Phi) is 10.1. The molecule has 14 heteroatoms. The van der Waals surface area contributed by atoms with Crippen LogP contribution in [-0.4, -0.2) is 79.6 Å². The molecule has 11 nitrogen and oxygen atoms in total. The average molecular weight is 660 g/mol. The number of methoxy groups -OCH3 is 1. The highest BCUT2D eigenvalue weighted by Gasteiger charge is 2.32. The zero-order valence-corrected chi connectivity index (χ0v) is 26.6. The Morgan fingerprint density at radius 1 is 1.13 bits per heavy atom. The number of amides is 3. The SMILES string of the molecule is COc1ccc2c(c1)CCN(C1CCN(C(=O)Cn3cc(-c4cccc(F)c4Cl)c(=O)n(CC[SH]=C(C)O)c3=O)CC1)C(=O)N2. The minimum Gasteiger partial charge on any atom is -0.497 e. The minimum atomic E-state index is -0.720. The number of hydrogen-bond acceptors (Lipinski definition) is 5. The number of hydrogen-bond donors (Lipinski definition) is 3. The zero-order chi connectivity index (χ0) is 32.2. The van der Waals surface area contributed by atoms with Crippen molar-refractivity contribution in [3.63, 3.8) is 0 Å². The summed E-state index contributed by atoms with van der Waals surface area (Å²) >= 11 is 6.74. The van der Waals surface area contributed by atoms with Crippen LogP contribution >= 0.6 is 23.0 Å². The number of aliphatic hydroxyl groups is 1. The number of fused-ring (bicyclic) bond motifs is 1. The smallest absolute Gasteiger partial charge is 0.331 e. The number of thiol groups is 1. The van der Waals surface area contributed by atoms with Crippen LogP contribution in [0, 0.1) is 5.82 Å². The van der Waals surface area contributed by atoms with E-state index in [0.717, 1.165) is 32.2 Å². The number of urea groups is 1. The lowest BCUT2D eigenvalue weighted by Crippen LogP contribution is -2.51. The van der Waals surface area contributed by atoms with Gasteiger partial charge in [0, 0.05) is 55.4 Å². The molecule has 5 rings (SSSR count). The fourth-order valence-electron chi connectivity index (χ4n) is 5.75. The number of aromatic nitrogens is 2. The second kappa shape index (κ2) is 14.0. The van der Waals surface area contributed by atoms with Gasteiger partial charge in [0.25, 0.3) is 5.56 Å². The number of nitrogens with zero attached hydrogens (tertiary/aromatic N) is 4. The highest BCUT2D eigenvalue weighted by molar-refractivity contribution is 7.98. The van der Waals surface area contributed by atoms with Crippen molar-refractivity contribution in [3.05, 3.63) is 79.8 Å². The molecule has 2 aliphatic rings. The highest BCUT2D eigenvalue weighted by Crippen LogP contribution is 2.29. The number of aliphatic hydroxyl groups excluding tert-OH is 1. The number of halogens is 2. The van der Waals surface area contributed by atoms with E-state index in [9.17, 15) is 28.7 Å². The Morgan fingerprint density at radius 2 is 1.89 bits per heavy atom. The van der Waals surface area contributed by atoms with E-state index in [2.05, 4.69) is 5.32 Å². The van der Waals surface area contributed by atoms with E-state index in [1.165, 1.54) is 25.3 Å². The molecule has 1 saturated heterocycles. The molecule has 0 aliphatic carbocycles. The second-order valence-electron chi connectivity index (χ2n) is 10.9. The Hall–Kier alpha value is -3.94. The number of benzene rings is 2. The number of anilines is 1. The molecule has 3 aromatic rings. The van der Waals surface area contributed by atoms with Gasteiger partial charge in [-0.1, -0.05) is 23.7 Å². The van der Waals surface area contributed by atoms with Crippen LogP contribution in [0.1, 0.15) is 25.3 Å². The van der Waals surface area contributed by atoms with Gasteiger partial charge in [0.15, 0.2) is 0 Å². The van der Waals surface area contributed by atoms with Crippen LogP contribution in [0.4, 0.5) is 14.9 Å². The lowest BCUT2D eigenvalue weighted by molar-refractivity contribution is -0.133. The molecule has 3 amide bonds. The molecule has 3 heterocycles. The first-order valence-corrected chi connectivity index (χ1v) is 16.0.